The van der Waals surface area contributed by atoms with E-state index in [9.17, 15) is 28.0 Å². The minimum atomic E-state index is -1.74. The van der Waals surface area contributed by atoms with Crippen molar-refractivity contribution in [1.82, 2.24) is 9.97 Å². The van der Waals surface area contributed by atoms with Gasteiger partial charge in [-0.3, -0.25) is 9.59 Å². The second-order valence-electron chi connectivity index (χ2n) is 8.15. The zero-order valence-electron chi connectivity index (χ0n) is 22.6. The van der Waals surface area contributed by atoms with Gasteiger partial charge in [-0.05, 0) is 102 Å². The largest absolute Gasteiger partial charge is 0.489 e. The number of aldehydes is 2. The lowest BCUT2D eigenvalue weighted by atomic mass is 9.77. The van der Waals surface area contributed by atoms with Crippen LogP contribution in [-0.2, 0) is 9.47 Å². The van der Waals surface area contributed by atoms with Gasteiger partial charge >= 0.3 is 19.1 Å². The highest BCUT2D eigenvalue weighted by molar-refractivity contribution is 14.1. The summed E-state index contributed by atoms with van der Waals surface area (Å²) in [5, 5.41) is 17.8. The molecule has 0 fully saturated rings. The predicted molar refractivity (Wildman–Crippen MR) is 172 cm³/mol. The minimum Gasteiger partial charge on any atom is -0.465 e. The number of esters is 2. The van der Waals surface area contributed by atoms with Crippen LogP contribution in [0.1, 0.15) is 41.4 Å². The van der Waals surface area contributed by atoms with Crippen molar-refractivity contribution in [2.75, 3.05) is 14.2 Å². The van der Waals surface area contributed by atoms with E-state index in [4.69, 9.17) is 10.0 Å². The lowest BCUT2D eigenvalue weighted by Gasteiger charge is -2.08. The number of nitrogens with zero attached hydrogens (tertiary/aromatic N) is 2. The standard InChI is InChI=1S/C14H9BrFNO3.C9H9BO5.C5H2BrFIN/c1-20-14(19)8-2-3-10(9(4-8)7-18)11-5-13(15)17-6-12(11)16;1-15-9(12)6-2-3-8(10(13)14)7(4-6)5-11;6-5-1-4(8)3(7)2-9-5/h2-7H,1H3;2-5,13-14H,1H3;1-2H. The van der Waals surface area contributed by atoms with Crippen LogP contribution in [0, 0.1) is 15.2 Å². The number of hydrogen-bond acceptors (Lipinski definition) is 10. The molecule has 228 valence electrons. The van der Waals surface area contributed by atoms with E-state index in [1.807, 2.05) is 22.6 Å². The van der Waals surface area contributed by atoms with Crippen molar-refractivity contribution in [1.29, 1.82) is 0 Å². The highest BCUT2D eigenvalue weighted by Gasteiger charge is 2.18. The summed E-state index contributed by atoms with van der Waals surface area (Å²) in [6.45, 7) is 0. The fraction of sp³-hybridized carbons (Fsp3) is 0.0714. The van der Waals surface area contributed by atoms with Gasteiger partial charge in [-0.25, -0.2) is 28.3 Å². The van der Waals surface area contributed by atoms with Gasteiger partial charge in [-0.15, -0.1) is 0 Å². The number of methoxy groups -OCH3 is 2. The summed E-state index contributed by atoms with van der Waals surface area (Å²) in [7, 11) is 0.727. The first kappa shape index (κ1) is 36.7. The van der Waals surface area contributed by atoms with Gasteiger partial charge in [0.05, 0.1) is 41.3 Å². The number of pyridine rings is 2. The Morgan fingerprint density at radius 1 is 0.795 bits per heavy atom. The van der Waals surface area contributed by atoms with E-state index in [1.165, 1.54) is 62.9 Å². The van der Waals surface area contributed by atoms with Crippen LogP contribution in [0.15, 0.2) is 70.1 Å². The molecule has 0 aliphatic rings. The third kappa shape index (κ3) is 10.3. The lowest BCUT2D eigenvalue weighted by molar-refractivity contribution is 0.0591. The molecule has 2 aromatic heterocycles. The van der Waals surface area contributed by atoms with Crippen molar-refractivity contribution in [2.45, 2.75) is 0 Å². The summed E-state index contributed by atoms with van der Waals surface area (Å²) in [5.74, 6) is -1.98. The third-order valence-electron chi connectivity index (χ3n) is 5.40. The quantitative estimate of drug-likeness (QED) is 0.0911. The van der Waals surface area contributed by atoms with Gasteiger partial charge in [0, 0.05) is 16.7 Å². The van der Waals surface area contributed by atoms with Gasteiger partial charge in [0.25, 0.3) is 0 Å². The molecule has 0 radical (unpaired) electrons. The molecule has 0 atom stereocenters. The number of ether oxygens (including phenoxy) is 2. The first-order chi connectivity index (χ1) is 20.9. The molecule has 2 aromatic carbocycles. The van der Waals surface area contributed by atoms with E-state index in [-0.39, 0.29) is 39.1 Å². The SMILES string of the molecule is COC(=O)c1ccc(-c2cc(Br)ncc2F)c(C=O)c1.COC(=O)c1ccc(B(O)O)c(C=O)c1.Fc1cnc(Br)cc1I. The molecule has 0 amide bonds. The molecule has 0 spiro atoms. The Balaban J connectivity index is 0.000000247. The summed E-state index contributed by atoms with van der Waals surface area (Å²) in [6, 6.07) is 11.3. The molecule has 0 bridgehead atoms. The van der Waals surface area contributed by atoms with Crippen molar-refractivity contribution in [2.24, 2.45) is 0 Å². The van der Waals surface area contributed by atoms with Crippen LogP contribution in [-0.4, -0.2) is 65.9 Å². The molecule has 0 unspecified atom stereocenters. The van der Waals surface area contributed by atoms with Crippen LogP contribution >= 0.6 is 54.5 Å². The fourth-order valence-electron chi connectivity index (χ4n) is 3.32. The number of halogens is 5. The fourth-order valence-corrected chi connectivity index (χ4v) is 4.84. The Hall–Kier alpha value is -3.45. The molecular weight excluding hydrogens is 828 g/mol. The molecule has 0 aliphatic carbocycles. The molecule has 10 nitrogen and oxygen atoms in total. The van der Waals surface area contributed by atoms with Crippen LogP contribution in [0.4, 0.5) is 8.78 Å². The van der Waals surface area contributed by atoms with Crippen molar-refractivity contribution >= 4 is 91.5 Å². The topological polar surface area (TPSA) is 153 Å². The molecular formula is C28H20BBr2F2IN2O8. The number of benzene rings is 2. The molecule has 16 heteroatoms. The van der Waals surface area contributed by atoms with E-state index in [2.05, 4.69) is 51.3 Å². The molecule has 4 rings (SSSR count). The first-order valence-corrected chi connectivity index (χ1v) is 14.5. The smallest absolute Gasteiger partial charge is 0.465 e. The van der Waals surface area contributed by atoms with E-state index in [1.54, 1.807) is 6.07 Å². The maximum atomic E-state index is 13.8. The average molecular weight is 848 g/mol. The van der Waals surface area contributed by atoms with Crippen LogP contribution in [0.3, 0.4) is 0 Å². The summed E-state index contributed by atoms with van der Waals surface area (Å²) < 4.78 is 36.9. The Morgan fingerprint density at radius 2 is 1.30 bits per heavy atom. The number of aromatic nitrogens is 2. The van der Waals surface area contributed by atoms with Crippen molar-refractivity contribution in [3.8, 4) is 11.1 Å². The molecule has 0 aliphatic heterocycles. The Bertz CT molecular complexity index is 1680. The van der Waals surface area contributed by atoms with Gasteiger partial charge in [-0.2, -0.15) is 0 Å². The summed E-state index contributed by atoms with van der Waals surface area (Å²) >= 11 is 8.17. The van der Waals surface area contributed by atoms with Crippen molar-refractivity contribution in [3.63, 3.8) is 0 Å². The second kappa shape index (κ2) is 17.7. The summed E-state index contributed by atoms with van der Waals surface area (Å²) in [6.07, 6.45) is 3.25. The van der Waals surface area contributed by atoms with Crippen molar-refractivity contribution < 1.29 is 47.5 Å². The average Bonchev–Trinajstić information content (AvgIpc) is 3.03. The van der Waals surface area contributed by atoms with Crippen LogP contribution in [0.25, 0.3) is 11.1 Å². The Kier molecular flexibility index (Phi) is 14.8. The summed E-state index contributed by atoms with van der Waals surface area (Å²) in [4.78, 5) is 51.7. The Labute approximate surface area is 280 Å². The maximum absolute atomic E-state index is 13.8. The highest BCUT2D eigenvalue weighted by atomic mass is 127. The number of carbonyl (C=O) groups excluding carboxylic acids is 4. The zero-order valence-corrected chi connectivity index (χ0v) is 28.0. The van der Waals surface area contributed by atoms with E-state index in [0.29, 0.717) is 30.9 Å². The first-order valence-electron chi connectivity index (χ1n) is 11.9. The van der Waals surface area contributed by atoms with Crippen LogP contribution < -0.4 is 5.46 Å². The van der Waals surface area contributed by atoms with E-state index < -0.39 is 24.9 Å². The van der Waals surface area contributed by atoms with Crippen LogP contribution in [0.2, 0.25) is 0 Å². The van der Waals surface area contributed by atoms with E-state index >= 15 is 0 Å². The molecule has 2 heterocycles. The maximum Gasteiger partial charge on any atom is 0.489 e. The third-order valence-corrected chi connectivity index (χ3v) is 7.09. The Morgan fingerprint density at radius 3 is 1.77 bits per heavy atom. The monoisotopic (exact) mass is 846 g/mol. The highest BCUT2D eigenvalue weighted by Crippen LogP contribution is 2.28. The number of hydrogen-bond donors (Lipinski definition) is 2. The second-order valence-corrected chi connectivity index (χ2v) is 10.9. The number of carbonyl (C=O) groups is 4. The van der Waals surface area contributed by atoms with Crippen molar-refractivity contribution in [3.05, 3.63) is 108 Å². The molecule has 0 saturated heterocycles. The van der Waals surface area contributed by atoms with E-state index in [0.717, 1.165) is 6.20 Å². The minimum absolute atomic E-state index is 0.0490. The van der Waals surface area contributed by atoms with Gasteiger partial charge in [0.15, 0.2) is 12.1 Å². The lowest BCUT2D eigenvalue weighted by Crippen LogP contribution is -2.33. The molecule has 2 N–H and O–H groups in total. The van der Waals surface area contributed by atoms with Gasteiger partial charge in [-0.1, -0.05) is 12.1 Å². The van der Waals surface area contributed by atoms with Crippen LogP contribution in [0.5, 0.6) is 0 Å². The van der Waals surface area contributed by atoms with Gasteiger partial charge in [0.2, 0.25) is 0 Å². The van der Waals surface area contributed by atoms with Gasteiger partial charge in [0.1, 0.15) is 21.3 Å². The number of rotatable bonds is 6. The summed E-state index contributed by atoms with van der Waals surface area (Å²) in [5.41, 5.74) is 1.32. The molecule has 4 aromatic rings. The predicted octanol–water partition coefficient (Wildman–Crippen LogP) is 4.80. The molecule has 44 heavy (non-hydrogen) atoms. The van der Waals surface area contributed by atoms with Gasteiger partial charge < -0.3 is 19.5 Å². The molecule has 0 saturated carbocycles. The zero-order chi connectivity index (χ0) is 33.0. The normalized spacial score (nSPS) is 9.84.